The van der Waals surface area contributed by atoms with Crippen molar-refractivity contribution >= 4 is 5.78 Å². The summed E-state index contributed by atoms with van der Waals surface area (Å²) >= 11 is 0. The first kappa shape index (κ1) is 7.11. The summed E-state index contributed by atoms with van der Waals surface area (Å²) in [5.41, 5.74) is 0. The Morgan fingerprint density at radius 3 is 2.38 bits per heavy atom. The zero-order valence-electron chi connectivity index (χ0n) is 4.42. The fourth-order valence-corrected chi connectivity index (χ4v) is 0.494. The van der Waals surface area contributed by atoms with Gasteiger partial charge in [-0.3, -0.25) is 4.79 Å². The molecular formula is C6H8O2. The van der Waals surface area contributed by atoms with E-state index in [-0.39, 0.29) is 11.3 Å². The number of hydrogen-bond donors (Lipinski definition) is 0. The number of ketones is 1. The molecule has 0 bridgehead atoms. The number of carbonyl (C=O) groups is 1. The highest BCUT2D eigenvalue weighted by Crippen LogP contribution is 1.94. The highest BCUT2D eigenvalue weighted by molar-refractivity contribution is 5.92. The van der Waals surface area contributed by atoms with Crippen LogP contribution in [-0.2, 0) is 4.79 Å². The number of carbonyl (C=O) groups excluding carboxylic acids is 1. The van der Waals surface area contributed by atoms with Crippen LogP contribution in [0.3, 0.4) is 0 Å². The molecule has 8 heavy (non-hydrogen) atoms. The second kappa shape index (κ2) is 3.16. The van der Waals surface area contributed by atoms with Gasteiger partial charge in [0.1, 0.15) is 0 Å². The van der Waals surface area contributed by atoms with E-state index in [1.54, 1.807) is 12.2 Å². The van der Waals surface area contributed by atoms with E-state index in [2.05, 4.69) is 0 Å². The fourth-order valence-electron chi connectivity index (χ4n) is 0.494. The van der Waals surface area contributed by atoms with Crippen molar-refractivity contribution in [1.29, 1.82) is 0 Å². The Kier molecular flexibility index (Phi) is 2.80. The first-order valence-electron chi connectivity index (χ1n) is 2.25. The first-order chi connectivity index (χ1) is 3.39. The minimum absolute atomic E-state index is 0. The molecule has 0 atom stereocenters. The average Bonchev–Trinajstić information content (AvgIpc) is 1.69. The smallest absolute Gasteiger partial charge is 0.159 e. The van der Waals surface area contributed by atoms with Crippen LogP contribution in [0.2, 0.25) is 0 Å². The van der Waals surface area contributed by atoms with Crippen LogP contribution in [0.25, 0.3) is 0 Å². The molecule has 0 fully saturated rings. The van der Waals surface area contributed by atoms with Gasteiger partial charge in [-0.25, -0.2) is 0 Å². The van der Waals surface area contributed by atoms with Crippen molar-refractivity contribution in [3.05, 3.63) is 24.3 Å². The highest BCUT2D eigenvalue weighted by atomic mass is 16.1. The Labute approximate surface area is 47.8 Å². The van der Waals surface area contributed by atoms with E-state index in [1.165, 1.54) is 0 Å². The summed E-state index contributed by atoms with van der Waals surface area (Å²) in [5.74, 6) is 0.197. The van der Waals surface area contributed by atoms with Crippen molar-refractivity contribution in [3.8, 4) is 0 Å². The van der Waals surface area contributed by atoms with Gasteiger partial charge >= 0.3 is 0 Å². The molecule has 1 rings (SSSR count). The molecule has 0 unspecified atom stereocenters. The molecule has 0 aromatic carbocycles. The standard InChI is InChI=1S/C6H6O.H2O/c7-6-4-2-1-3-5-6;/h1-4H,5H2;1H2. The van der Waals surface area contributed by atoms with E-state index in [1.807, 2.05) is 12.2 Å². The summed E-state index contributed by atoms with van der Waals surface area (Å²) in [4.78, 5) is 10.3. The van der Waals surface area contributed by atoms with Gasteiger partial charge in [0.05, 0.1) is 0 Å². The van der Waals surface area contributed by atoms with Crippen LogP contribution < -0.4 is 0 Å². The summed E-state index contributed by atoms with van der Waals surface area (Å²) in [5, 5.41) is 0. The Morgan fingerprint density at radius 2 is 2.12 bits per heavy atom. The van der Waals surface area contributed by atoms with Crippen molar-refractivity contribution in [1.82, 2.24) is 0 Å². The average molecular weight is 112 g/mol. The van der Waals surface area contributed by atoms with Crippen molar-refractivity contribution in [2.24, 2.45) is 0 Å². The van der Waals surface area contributed by atoms with Gasteiger partial charge in [0.2, 0.25) is 0 Å². The third kappa shape index (κ3) is 1.71. The molecule has 0 aromatic heterocycles. The van der Waals surface area contributed by atoms with Gasteiger partial charge in [0.25, 0.3) is 0 Å². The van der Waals surface area contributed by atoms with Gasteiger partial charge in [-0.1, -0.05) is 18.2 Å². The fraction of sp³-hybridized carbons (Fsp3) is 0.167. The molecule has 2 N–H and O–H groups in total. The zero-order chi connectivity index (χ0) is 5.11. The monoisotopic (exact) mass is 112 g/mol. The van der Waals surface area contributed by atoms with E-state index in [4.69, 9.17) is 0 Å². The highest BCUT2D eigenvalue weighted by Gasteiger charge is 1.92. The van der Waals surface area contributed by atoms with Crippen LogP contribution in [0.5, 0.6) is 0 Å². The second-order valence-electron chi connectivity index (χ2n) is 1.46. The van der Waals surface area contributed by atoms with E-state index in [0.717, 1.165) is 0 Å². The zero-order valence-corrected chi connectivity index (χ0v) is 4.42. The molecule has 0 radical (unpaired) electrons. The lowest BCUT2D eigenvalue weighted by molar-refractivity contribution is -0.113. The van der Waals surface area contributed by atoms with Crippen molar-refractivity contribution in [3.63, 3.8) is 0 Å². The van der Waals surface area contributed by atoms with Crippen LogP contribution in [-0.4, -0.2) is 11.3 Å². The first-order valence-corrected chi connectivity index (χ1v) is 2.25. The van der Waals surface area contributed by atoms with Crippen molar-refractivity contribution < 1.29 is 10.3 Å². The molecule has 0 spiro atoms. The quantitative estimate of drug-likeness (QED) is 0.443. The summed E-state index contributed by atoms with van der Waals surface area (Å²) < 4.78 is 0. The normalized spacial score (nSPS) is 15.8. The molecule has 0 amide bonds. The maximum Gasteiger partial charge on any atom is 0.159 e. The lowest BCUT2D eigenvalue weighted by atomic mass is 10.2. The largest absolute Gasteiger partial charge is 0.412 e. The SMILES string of the molecule is O.O=C1C=CC=CC1. The number of hydrogen-bond acceptors (Lipinski definition) is 1. The summed E-state index contributed by atoms with van der Waals surface area (Å²) in [6.45, 7) is 0. The Morgan fingerprint density at radius 1 is 1.38 bits per heavy atom. The molecule has 0 saturated heterocycles. The van der Waals surface area contributed by atoms with Crippen molar-refractivity contribution in [2.75, 3.05) is 0 Å². The van der Waals surface area contributed by atoms with Gasteiger partial charge < -0.3 is 5.48 Å². The van der Waals surface area contributed by atoms with E-state index >= 15 is 0 Å². The molecule has 44 valence electrons. The number of rotatable bonds is 0. The van der Waals surface area contributed by atoms with Crippen LogP contribution in [0.1, 0.15) is 6.42 Å². The minimum Gasteiger partial charge on any atom is -0.412 e. The number of allylic oxidation sites excluding steroid dienone is 4. The third-order valence-electron chi connectivity index (χ3n) is 0.848. The molecule has 2 nitrogen and oxygen atoms in total. The predicted octanol–water partition coefficient (Wildman–Crippen LogP) is 0.247. The van der Waals surface area contributed by atoms with Gasteiger partial charge in [-0.15, -0.1) is 0 Å². The maximum atomic E-state index is 10.3. The Hall–Kier alpha value is -0.890. The van der Waals surface area contributed by atoms with Crippen LogP contribution in [0.4, 0.5) is 0 Å². The van der Waals surface area contributed by atoms with Gasteiger partial charge in [0.15, 0.2) is 5.78 Å². The molecule has 0 saturated carbocycles. The molecule has 1 aliphatic carbocycles. The van der Waals surface area contributed by atoms with E-state index in [0.29, 0.717) is 6.42 Å². The molecule has 1 aliphatic rings. The Bertz CT molecular complexity index is 133. The summed E-state index contributed by atoms with van der Waals surface area (Å²) in [6.07, 6.45) is 7.64. The third-order valence-corrected chi connectivity index (χ3v) is 0.848. The van der Waals surface area contributed by atoms with E-state index < -0.39 is 0 Å². The van der Waals surface area contributed by atoms with Crippen LogP contribution in [0.15, 0.2) is 24.3 Å². The van der Waals surface area contributed by atoms with Gasteiger partial charge in [-0.2, -0.15) is 0 Å². The van der Waals surface area contributed by atoms with Gasteiger partial charge in [-0.05, 0) is 6.08 Å². The Balaban J connectivity index is 0.000000490. The summed E-state index contributed by atoms with van der Waals surface area (Å²) in [7, 11) is 0. The lowest BCUT2D eigenvalue weighted by Crippen LogP contribution is -1.90. The van der Waals surface area contributed by atoms with Crippen LogP contribution in [0, 0.1) is 0 Å². The van der Waals surface area contributed by atoms with Crippen molar-refractivity contribution in [2.45, 2.75) is 6.42 Å². The van der Waals surface area contributed by atoms with Gasteiger partial charge in [0, 0.05) is 6.42 Å². The van der Waals surface area contributed by atoms with E-state index in [9.17, 15) is 4.79 Å². The maximum absolute atomic E-state index is 10.3. The molecular weight excluding hydrogens is 104 g/mol. The summed E-state index contributed by atoms with van der Waals surface area (Å²) in [6, 6.07) is 0. The molecule has 0 heterocycles. The second-order valence-corrected chi connectivity index (χ2v) is 1.46. The molecule has 0 aliphatic heterocycles. The lowest BCUT2D eigenvalue weighted by Gasteiger charge is -1.88. The minimum atomic E-state index is 0. The topological polar surface area (TPSA) is 48.6 Å². The molecule has 2 heteroatoms. The predicted molar refractivity (Wildman–Crippen MR) is 31.5 cm³/mol. The van der Waals surface area contributed by atoms with Crippen LogP contribution >= 0.6 is 0 Å². The molecule has 0 aromatic rings.